The minimum absolute atomic E-state index is 0.0227. The summed E-state index contributed by atoms with van der Waals surface area (Å²) in [4.78, 5) is 24.3. The molecule has 1 atom stereocenters. The van der Waals surface area contributed by atoms with E-state index >= 15 is 0 Å². The highest BCUT2D eigenvalue weighted by Crippen LogP contribution is 2.31. The quantitative estimate of drug-likeness (QED) is 0.633. The van der Waals surface area contributed by atoms with Crippen LogP contribution in [0.5, 0.6) is 5.75 Å². The van der Waals surface area contributed by atoms with Crippen LogP contribution in [0.2, 0.25) is 5.02 Å². The van der Waals surface area contributed by atoms with Crippen molar-refractivity contribution in [3.8, 4) is 5.75 Å². The highest BCUT2D eigenvalue weighted by molar-refractivity contribution is 6.30. The number of benzene rings is 2. The number of halogens is 2. The fourth-order valence-corrected chi connectivity index (χ4v) is 4.08. The molecule has 1 fully saturated rings. The molecule has 0 bridgehead atoms. The molecule has 0 aromatic heterocycles. The van der Waals surface area contributed by atoms with Crippen molar-refractivity contribution in [1.82, 2.24) is 10.6 Å². The molecule has 0 aliphatic carbocycles. The van der Waals surface area contributed by atoms with Gasteiger partial charge in [0.2, 0.25) is 11.8 Å². The van der Waals surface area contributed by atoms with E-state index in [4.69, 9.17) is 16.3 Å². The minimum atomic E-state index is -0.510. The Balaban J connectivity index is 1.55. The molecule has 3 rings (SSSR count). The topological polar surface area (TPSA) is 67.4 Å². The lowest BCUT2D eigenvalue weighted by Gasteiger charge is -2.29. The van der Waals surface area contributed by atoms with Crippen LogP contribution in [0.3, 0.4) is 0 Å². The monoisotopic (exact) mass is 432 g/mol. The van der Waals surface area contributed by atoms with Gasteiger partial charge in [-0.15, -0.1) is 0 Å². The van der Waals surface area contributed by atoms with Gasteiger partial charge in [-0.25, -0.2) is 4.39 Å². The Morgan fingerprint density at radius 2 is 2.10 bits per heavy atom. The first-order valence-corrected chi connectivity index (χ1v) is 10.4. The standard InChI is InChI=1S/C23H26ClFN2O3/c1-30-20-14-17(5-6-19(20)25)15-23(11-8-22(29)27-23)10-7-21(28)26-12-9-16-3-2-4-18(24)13-16/h2-6,13-14H,7-12,15H2,1H3,(H,26,28)(H,27,29)/t23-/m0/s1. The van der Waals surface area contributed by atoms with Crippen LogP contribution in [0.25, 0.3) is 0 Å². The van der Waals surface area contributed by atoms with E-state index < -0.39 is 11.4 Å². The molecule has 2 aromatic rings. The molecule has 0 saturated carbocycles. The van der Waals surface area contributed by atoms with Gasteiger partial charge in [0.15, 0.2) is 11.6 Å². The molecule has 0 radical (unpaired) electrons. The molecular formula is C23H26ClFN2O3. The molecule has 2 N–H and O–H groups in total. The summed E-state index contributed by atoms with van der Waals surface area (Å²) in [5.41, 5.74) is 1.41. The van der Waals surface area contributed by atoms with Gasteiger partial charge in [0.05, 0.1) is 7.11 Å². The van der Waals surface area contributed by atoms with Crippen molar-refractivity contribution in [1.29, 1.82) is 0 Å². The van der Waals surface area contributed by atoms with Crippen molar-refractivity contribution < 1.29 is 18.7 Å². The van der Waals surface area contributed by atoms with Gasteiger partial charge >= 0.3 is 0 Å². The molecule has 1 saturated heterocycles. The Bertz CT molecular complexity index is 921. The molecule has 1 aliphatic heterocycles. The van der Waals surface area contributed by atoms with Crippen LogP contribution in [-0.2, 0) is 22.4 Å². The Kier molecular flexibility index (Phi) is 7.32. The zero-order chi connectivity index (χ0) is 21.6. The third-order valence-electron chi connectivity index (χ3n) is 5.45. The number of carbonyl (C=O) groups is 2. The van der Waals surface area contributed by atoms with E-state index in [2.05, 4.69) is 10.6 Å². The zero-order valence-electron chi connectivity index (χ0n) is 17.0. The van der Waals surface area contributed by atoms with Gasteiger partial charge in [0, 0.05) is 29.9 Å². The number of hydrogen-bond donors (Lipinski definition) is 2. The number of nitrogens with one attached hydrogen (secondary N) is 2. The molecule has 2 amide bonds. The second kappa shape index (κ2) is 9.94. The summed E-state index contributed by atoms with van der Waals surface area (Å²) < 4.78 is 18.8. The molecule has 30 heavy (non-hydrogen) atoms. The van der Waals surface area contributed by atoms with Crippen molar-refractivity contribution >= 4 is 23.4 Å². The molecule has 0 unspecified atom stereocenters. The van der Waals surface area contributed by atoms with Crippen LogP contribution in [0.4, 0.5) is 4.39 Å². The van der Waals surface area contributed by atoms with Crippen molar-refractivity contribution in [3.63, 3.8) is 0 Å². The van der Waals surface area contributed by atoms with E-state index in [1.54, 1.807) is 12.1 Å². The number of ether oxygens (including phenoxy) is 1. The number of methoxy groups -OCH3 is 1. The normalized spacial score (nSPS) is 18.2. The van der Waals surface area contributed by atoms with E-state index in [1.165, 1.54) is 13.2 Å². The van der Waals surface area contributed by atoms with Gasteiger partial charge in [0.1, 0.15) is 0 Å². The molecule has 160 valence electrons. The first kappa shape index (κ1) is 22.1. The second-order valence-electron chi connectivity index (χ2n) is 7.70. The second-order valence-corrected chi connectivity index (χ2v) is 8.14. The molecule has 1 aliphatic rings. The van der Waals surface area contributed by atoms with Gasteiger partial charge in [-0.3, -0.25) is 9.59 Å². The third kappa shape index (κ3) is 5.95. The number of hydrogen-bond acceptors (Lipinski definition) is 3. The predicted molar refractivity (Wildman–Crippen MR) is 114 cm³/mol. The number of amides is 2. The Labute approximate surface area is 181 Å². The van der Waals surface area contributed by atoms with Gasteiger partial charge in [-0.05, 0) is 61.1 Å². The minimum Gasteiger partial charge on any atom is -0.494 e. The first-order chi connectivity index (χ1) is 14.4. The van der Waals surface area contributed by atoms with Gasteiger partial charge in [-0.2, -0.15) is 0 Å². The Hall–Kier alpha value is -2.60. The molecule has 0 spiro atoms. The van der Waals surface area contributed by atoms with E-state index in [9.17, 15) is 14.0 Å². The average Bonchev–Trinajstić information content (AvgIpc) is 3.09. The lowest BCUT2D eigenvalue weighted by Crippen LogP contribution is -2.44. The molecule has 1 heterocycles. The highest BCUT2D eigenvalue weighted by atomic mass is 35.5. The van der Waals surface area contributed by atoms with Crippen molar-refractivity contribution in [3.05, 3.63) is 64.4 Å². The average molecular weight is 433 g/mol. The maximum atomic E-state index is 13.7. The lowest BCUT2D eigenvalue weighted by atomic mass is 9.85. The first-order valence-electron chi connectivity index (χ1n) is 10.0. The van der Waals surface area contributed by atoms with Gasteiger partial charge in [0.25, 0.3) is 0 Å². The predicted octanol–water partition coefficient (Wildman–Crippen LogP) is 3.82. The van der Waals surface area contributed by atoms with Crippen molar-refractivity contribution in [2.75, 3.05) is 13.7 Å². The summed E-state index contributed by atoms with van der Waals surface area (Å²) in [6.45, 7) is 0.522. The number of rotatable bonds is 9. The van der Waals surface area contributed by atoms with E-state index in [0.29, 0.717) is 50.1 Å². The lowest BCUT2D eigenvalue weighted by molar-refractivity contribution is -0.122. The molecule has 2 aromatic carbocycles. The molecule has 5 nitrogen and oxygen atoms in total. The molecular weight excluding hydrogens is 407 g/mol. The van der Waals surface area contributed by atoms with E-state index in [0.717, 1.165) is 11.1 Å². The van der Waals surface area contributed by atoms with Crippen LogP contribution in [-0.4, -0.2) is 31.0 Å². The summed E-state index contributed by atoms with van der Waals surface area (Å²) in [6, 6.07) is 12.3. The SMILES string of the molecule is COc1cc(C[C@]2(CCC(=O)NCCc3cccc(Cl)c3)CCC(=O)N2)ccc1F. The smallest absolute Gasteiger partial charge is 0.220 e. The third-order valence-corrected chi connectivity index (χ3v) is 5.68. The molecule has 7 heteroatoms. The summed E-state index contributed by atoms with van der Waals surface area (Å²) in [5, 5.41) is 6.65. The summed E-state index contributed by atoms with van der Waals surface area (Å²) in [6.07, 6.45) is 3.10. The largest absolute Gasteiger partial charge is 0.494 e. The van der Waals surface area contributed by atoms with Crippen LogP contribution in [0.15, 0.2) is 42.5 Å². The van der Waals surface area contributed by atoms with Crippen molar-refractivity contribution in [2.45, 2.75) is 44.1 Å². The maximum Gasteiger partial charge on any atom is 0.220 e. The van der Waals surface area contributed by atoms with Crippen LogP contribution in [0.1, 0.15) is 36.8 Å². The highest BCUT2D eigenvalue weighted by Gasteiger charge is 2.38. The maximum absolute atomic E-state index is 13.7. The van der Waals surface area contributed by atoms with Crippen LogP contribution < -0.4 is 15.4 Å². The zero-order valence-corrected chi connectivity index (χ0v) is 17.7. The van der Waals surface area contributed by atoms with Crippen LogP contribution in [0, 0.1) is 5.82 Å². The summed E-state index contributed by atoms with van der Waals surface area (Å²) >= 11 is 5.98. The van der Waals surface area contributed by atoms with E-state index in [1.807, 2.05) is 24.3 Å². The summed E-state index contributed by atoms with van der Waals surface area (Å²) in [7, 11) is 1.42. The van der Waals surface area contributed by atoms with Crippen LogP contribution >= 0.6 is 11.6 Å². The summed E-state index contributed by atoms with van der Waals surface area (Å²) in [5.74, 6) is -0.338. The fourth-order valence-electron chi connectivity index (χ4n) is 3.87. The fraction of sp³-hybridized carbons (Fsp3) is 0.391. The van der Waals surface area contributed by atoms with Gasteiger partial charge < -0.3 is 15.4 Å². The van der Waals surface area contributed by atoms with Gasteiger partial charge in [-0.1, -0.05) is 29.8 Å². The Morgan fingerprint density at radius 1 is 1.27 bits per heavy atom. The van der Waals surface area contributed by atoms with Crippen molar-refractivity contribution in [2.24, 2.45) is 0 Å². The Morgan fingerprint density at radius 3 is 2.80 bits per heavy atom. The van der Waals surface area contributed by atoms with E-state index in [-0.39, 0.29) is 17.6 Å². The number of carbonyl (C=O) groups excluding carboxylic acids is 2.